The molecule has 0 aromatic heterocycles. The number of halogens is 1. The summed E-state index contributed by atoms with van der Waals surface area (Å²) < 4.78 is 34.1. The maximum Gasteiger partial charge on any atom is 0.264 e. The van der Waals surface area contributed by atoms with Crippen LogP contribution in [0.1, 0.15) is 30.5 Å². The van der Waals surface area contributed by atoms with E-state index < -0.39 is 15.9 Å². The van der Waals surface area contributed by atoms with E-state index in [2.05, 4.69) is 21.2 Å². The van der Waals surface area contributed by atoms with E-state index in [0.29, 0.717) is 16.6 Å². The average Bonchev–Trinajstić information content (AvgIpc) is 2.81. The Bertz CT molecular complexity index is 1200. The number of anilines is 1. The van der Waals surface area contributed by atoms with E-state index in [1.54, 1.807) is 55.6 Å². The van der Waals surface area contributed by atoms with Gasteiger partial charge in [0.15, 0.2) is 0 Å². The predicted octanol–water partition coefficient (Wildman–Crippen LogP) is 5.23. The fourth-order valence-corrected chi connectivity index (χ4v) is 5.21. The first kappa shape index (κ1) is 24.8. The molecule has 1 amide bonds. The molecule has 0 spiro atoms. The fourth-order valence-electron chi connectivity index (χ4n) is 3.41. The molecule has 0 aliphatic carbocycles. The number of rotatable bonds is 9. The third-order valence-electron chi connectivity index (χ3n) is 5.25. The van der Waals surface area contributed by atoms with E-state index in [1.165, 1.54) is 0 Å². The minimum absolute atomic E-state index is 0.128. The van der Waals surface area contributed by atoms with Gasteiger partial charge in [-0.25, -0.2) is 8.42 Å². The first-order chi connectivity index (χ1) is 15.7. The molecular weight excluding hydrogens is 504 g/mol. The number of hydrogen-bond donors (Lipinski definition) is 1. The molecule has 0 saturated carbocycles. The molecule has 3 aromatic carbocycles. The van der Waals surface area contributed by atoms with Crippen LogP contribution in [0.15, 0.2) is 82.2 Å². The number of carbonyl (C=O) groups is 1. The normalized spacial score (nSPS) is 12.1. The second-order valence-corrected chi connectivity index (χ2v) is 10.4. The molecule has 0 bridgehead atoms. The number of methoxy groups -OCH3 is 1. The van der Waals surface area contributed by atoms with Gasteiger partial charge in [-0.3, -0.25) is 9.10 Å². The summed E-state index contributed by atoms with van der Waals surface area (Å²) >= 11 is 3.39. The summed E-state index contributed by atoms with van der Waals surface area (Å²) in [7, 11) is -2.37. The molecule has 0 heterocycles. The Kier molecular flexibility index (Phi) is 8.15. The van der Waals surface area contributed by atoms with E-state index >= 15 is 0 Å². The Labute approximate surface area is 203 Å². The summed E-state index contributed by atoms with van der Waals surface area (Å²) in [6.07, 6.45) is 0.652. The number of sulfonamides is 1. The molecule has 1 atom stereocenters. The Morgan fingerprint density at radius 2 is 1.73 bits per heavy atom. The second kappa shape index (κ2) is 10.9. The lowest BCUT2D eigenvalue weighted by atomic mass is 10.0. The first-order valence-electron chi connectivity index (χ1n) is 10.5. The molecule has 0 radical (unpaired) electrons. The van der Waals surface area contributed by atoms with Crippen LogP contribution in [-0.4, -0.2) is 28.0 Å². The average molecular weight is 531 g/mol. The van der Waals surface area contributed by atoms with Crippen LogP contribution in [0, 0.1) is 6.92 Å². The topological polar surface area (TPSA) is 75.7 Å². The van der Waals surface area contributed by atoms with E-state index in [1.807, 2.05) is 38.1 Å². The number of ether oxygens (including phenoxy) is 1. The van der Waals surface area contributed by atoms with Crippen LogP contribution in [0.25, 0.3) is 0 Å². The minimum atomic E-state index is -3.96. The summed E-state index contributed by atoms with van der Waals surface area (Å²) in [4.78, 5) is 13.2. The molecule has 0 fully saturated rings. The highest BCUT2D eigenvalue weighted by molar-refractivity contribution is 9.10. The van der Waals surface area contributed by atoms with Crippen molar-refractivity contribution in [1.29, 1.82) is 0 Å². The Hall–Kier alpha value is -2.84. The van der Waals surface area contributed by atoms with Crippen molar-refractivity contribution in [3.63, 3.8) is 0 Å². The zero-order valence-electron chi connectivity index (χ0n) is 18.8. The monoisotopic (exact) mass is 530 g/mol. The van der Waals surface area contributed by atoms with Crippen LogP contribution < -0.4 is 14.4 Å². The summed E-state index contributed by atoms with van der Waals surface area (Å²) in [6.45, 7) is 3.50. The maximum absolute atomic E-state index is 13.5. The third kappa shape index (κ3) is 6.15. The number of nitrogens with zero attached hydrogens (tertiary/aromatic N) is 1. The number of hydrogen-bond acceptors (Lipinski definition) is 4. The molecule has 3 rings (SSSR count). The van der Waals surface area contributed by atoms with Crippen molar-refractivity contribution in [2.24, 2.45) is 0 Å². The zero-order valence-corrected chi connectivity index (χ0v) is 21.2. The highest BCUT2D eigenvalue weighted by atomic mass is 79.9. The summed E-state index contributed by atoms with van der Waals surface area (Å²) in [5, 5.41) is 2.97. The standard InChI is InChI=1S/C25H27BrN2O4S/c1-4-24(19-10-12-22(32-3)13-11-19)27-25(29)17-28(21-7-5-6-20(26)16-21)33(30,31)23-14-8-18(2)9-15-23/h5-16,24H,4,17H2,1-3H3,(H,27,29). The lowest BCUT2D eigenvalue weighted by molar-refractivity contribution is -0.120. The van der Waals surface area contributed by atoms with Crippen LogP contribution in [0.5, 0.6) is 5.75 Å². The molecule has 1 N–H and O–H groups in total. The van der Waals surface area contributed by atoms with Crippen molar-refractivity contribution in [2.45, 2.75) is 31.2 Å². The van der Waals surface area contributed by atoms with Gasteiger partial charge in [0, 0.05) is 4.47 Å². The van der Waals surface area contributed by atoms with Gasteiger partial charge in [-0.15, -0.1) is 0 Å². The molecule has 3 aromatic rings. The van der Waals surface area contributed by atoms with Gasteiger partial charge in [0.1, 0.15) is 12.3 Å². The highest BCUT2D eigenvalue weighted by Crippen LogP contribution is 2.27. The van der Waals surface area contributed by atoms with Gasteiger partial charge in [0.2, 0.25) is 5.91 Å². The second-order valence-electron chi connectivity index (χ2n) is 7.61. The lowest BCUT2D eigenvalue weighted by Crippen LogP contribution is -2.42. The van der Waals surface area contributed by atoms with Gasteiger partial charge >= 0.3 is 0 Å². The molecule has 174 valence electrons. The van der Waals surface area contributed by atoms with Crippen LogP contribution in [-0.2, 0) is 14.8 Å². The number of aryl methyl sites for hydroxylation is 1. The zero-order chi connectivity index (χ0) is 24.0. The number of benzene rings is 3. The largest absolute Gasteiger partial charge is 0.497 e. The molecule has 0 aliphatic heterocycles. The molecule has 8 heteroatoms. The van der Waals surface area contributed by atoms with E-state index in [0.717, 1.165) is 21.2 Å². The van der Waals surface area contributed by atoms with Crippen molar-refractivity contribution in [1.82, 2.24) is 5.32 Å². The molecule has 0 saturated heterocycles. The smallest absolute Gasteiger partial charge is 0.264 e. The SMILES string of the molecule is CCC(NC(=O)CN(c1cccc(Br)c1)S(=O)(=O)c1ccc(C)cc1)c1ccc(OC)cc1. The van der Waals surface area contributed by atoms with Crippen LogP contribution in [0.4, 0.5) is 5.69 Å². The highest BCUT2D eigenvalue weighted by Gasteiger charge is 2.28. The molecule has 0 aliphatic rings. The minimum Gasteiger partial charge on any atom is -0.497 e. The van der Waals surface area contributed by atoms with Crippen molar-refractivity contribution >= 4 is 37.5 Å². The van der Waals surface area contributed by atoms with Crippen molar-refractivity contribution < 1.29 is 17.9 Å². The molecule has 33 heavy (non-hydrogen) atoms. The first-order valence-corrected chi connectivity index (χ1v) is 12.8. The van der Waals surface area contributed by atoms with Crippen LogP contribution in [0.3, 0.4) is 0 Å². The van der Waals surface area contributed by atoms with Gasteiger partial charge in [0.25, 0.3) is 10.0 Å². The molecular formula is C25H27BrN2O4S. The number of carbonyl (C=O) groups excluding carboxylic acids is 1. The number of amides is 1. The van der Waals surface area contributed by atoms with Crippen molar-refractivity contribution in [3.05, 3.63) is 88.4 Å². The Morgan fingerprint density at radius 3 is 2.30 bits per heavy atom. The molecule has 6 nitrogen and oxygen atoms in total. The maximum atomic E-state index is 13.5. The van der Waals surface area contributed by atoms with Crippen molar-refractivity contribution in [3.8, 4) is 5.75 Å². The Morgan fingerprint density at radius 1 is 1.06 bits per heavy atom. The predicted molar refractivity (Wildman–Crippen MR) is 134 cm³/mol. The van der Waals surface area contributed by atoms with Crippen LogP contribution in [0.2, 0.25) is 0 Å². The number of nitrogens with one attached hydrogen (secondary N) is 1. The van der Waals surface area contributed by atoms with Gasteiger partial charge < -0.3 is 10.1 Å². The van der Waals surface area contributed by atoms with Crippen molar-refractivity contribution in [2.75, 3.05) is 18.0 Å². The van der Waals surface area contributed by atoms with Gasteiger partial charge in [-0.1, -0.05) is 58.7 Å². The summed E-state index contributed by atoms with van der Waals surface area (Å²) in [6, 6.07) is 20.7. The summed E-state index contributed by atoms with van der Waals surface area (Å²) in [5.74, 6) is 0.332. The quantitative estimate of drug-likeness (QED) is 0.411. The van der Waals surface area contributed by atoms with E-state index in [9.17, 15) is 13.2 Å². The van der Waals surface area contributed by atoms with Crippen LogP contribution >= 0.6 is 15.9 Å². The lowest BCUT2D eigenvalue weighted by Gasteiger charge is -2.26. The van der Waals surface area contributed by atoms with Gasteiger partial charge in [-0.05, 0) is 61.4 Å². The summed E-state index contributed by atoms with van der Waals surface area (Å²) in [5.41, 5.74) is 2.27. The molecule has 1 unspecified atom stereocenters. The third-order valence-corrected chi connectivity index (χ3v) is 7.54. The van der Waals surface area contributed by atoms with E-state index in [-0.39, 0.29) is 17.5 Å². The Balaban J connectivity index is 1.89. The fraction of sp³-hybridized carbons (Fsp3) is 0.240. The van der Waals surface area contributed by atoms with Gasteiger partial charge in [-0.2, -0.15) is 0 Å². The van der Waals surface area contributed by atoms with E-state index in [4.69, 9.17) is 4.74 Å². The van der Waals surface area contributed by atoms with Gasteiger partial charge in [0.05, 0.1) is 23.7 Å².